The van der Waals surface area contributed by atoms with E-state index in [4.69, 9.17) is 6.42 Å². The summed E-state index contributed by atoms with van der Waals surface area (Å²) in [6.45, 7) is 1.97. The van der Waals surface area contributed by atoms with E-state index in [0.717, 1.165) is 12.2 Å². The number of hydrogen-bond acceptors (Lipinski definition) is 2. The van der Waals surface area contributed by atoms with Gasteiger partial charge in [0.2, 0.25) is 0 Å². The van der Waals surface area contributed by atoms with Crippen molar-refractivity contribution >= 4 is 10.9 Å². The highest BCUT2D eigenvalue weighted by Gasteiger charge is 2.09. The fourth-order valence-electron chi connectivity index (χ4n) is 1.79. The van der Waals surface area contributed by atoms with Crippen LogP contribution in [0.15, 0.2) is 23.0 Å². The first kappa shape index (κ1) is 10.4. The Morgan fingerprint density at radius 2 is 2.25 bits per heavy atom. The van der Waals surface area contributed by atoms with Crippen LogP contribution in [0.25, 0.3) is 10.9 Å². The summed E-state index contributed by atoms with van der Waals surface area (Å²) in [6.07, 6.45) is 6.10. The number of benzene rings is 1. The van der Waals surface area contributed by atoms with Crippen molar-refractivity contribution in [3.63, 3.8) is 0 Å². The Kier molecular flexibility index (Phi) is 2.49. The summed E-state index contributed by atoms with van der Waals surface area (Å²) < 4.78 is 1.56. The van der Waals surface area contributed by atoms with Crippen LogP contribution in [0.5, 0.6) is 0 Å². The first-order valence-electron chi connectivity index (χ1n) is 5.14. The van der Waals surface area contributed by atoms with Crippen LogP contribution >= 0.6 is 0 Å². The first-order valence-corrected chi connectivity index (χ1v) is 5.14. The molecule has 3 nitrogen and oxygen atoms in total. The summed E-state index contributed by atoms with van der Waals surface area (Å²) in [6, 6.07) is 5.40. The van der Waals surface area contributed by atoms with Gasteiger partial charge < -0.3 is 0 Å². The predicted octanol–water partition coefficient (Wildman–Crippen LogP) is 1.48. The van der Waals surface area contributed by atoms with Crippen LogP contribution in [-0.2, 0) is 13.5 Å². The molecule has 0 unspecified atom stereocenters. The van der Waals surface area contributed by atoms with Crippen LogP contribution in [0.4, 0.5) is 0 Å². The van der Waals surface area contributed by atoms with Gasteiger partial charge in [0.1, 0.15) is 5.82 Å². The molecule has 0 aliphatic heterocycles. The van der Waals surface area contributed by atoms with Gasteiger partial charge in [-0.3, -0.25) is 9.36 Å². The van der Waals surface area contributed by atoms with Gasteiger partial charge in [-0.15, -0.1) is 6.42 Å². The minimum atomic E-state index is -0.0737. The highest BCUT2D eigenvalue weighted by molar-refractivity contribution is 5.84. The molecule has 80 valence electrons. The summed E-state index contributed by atoms with van der Waals surface area (Å²) in [5.41, 5.74) is 1.21. The van der Waals surface area contributed by atoms with Gasteiger partial charge in [0.15, 0.2) is 0 Å². The van der Waals surface area contributed by atoms with Crippen LogP contribution in [0, 0.1) is 12.3 Å². The molecule has 0 N–H and O–H groups in total. The molecule has 0 spiro atoms. The molecule has 1 aromatic carbocycles. The predicted molar refractivity (Wildman–Crippen MR) is 64.3 cm³/mol. The average Bonchev–Trinajstić information content (AvgIpc) is 2.32. The first-order chi connectivity index (χ1) is 7.69. The minimum Gasteiger partial charge on any atom is -0.299 e. The molecule has 0 bridgehead atoms. The normalized spacial score (nSPS) is 10.3. The van der Waals surface area contributed by atoms with E-state index in [9.17, 15) is 4.79 Å². The molecule has 0 saturated carbocycles. The molecule has 1 aromatic heterocycles. The maximum atomic E-state index is 12.1. The van der Waals surface area contributed by atoms with Crippen molar-refractivity contribution in [1.82, 2.24) is 9.55 Å². The number of fused-ring (bicyclic) bond motifs is 1. The molecule has 16 heavy (non-hydrogen) atoms. The number of rotatable bonds is 1. The summed E-state index contributed by atoms with van der Waals surface area (Å²) in [5.74, 6) is 3.29. The van der Waals surface area contributed by atoms with Gasteiger partial charge >= 0.3 is 0 Å². The standard InChI is InChI=1S/C13H12N2O/c1-4-9-7-6-8-10-12(9)13(16)15(3)11(5-2)14-10/h1,6-8H,5H2,2-3H3. The lowest BCUT2D eigenvalue weighted by Crippen LogP contribution is -2.22. The maximum absolute atomic E-state index is 12.1. The van der Waals surface area contributed by atoms with Crippen LogP contribution in [0.3, 0.4) is 0 Å². The Labute approximate surface area is 93.7 Å². The third-order valence-corrected chi connectivity index (χ3v) is 2.67. The lowest BCUT2D eigenvalue weighted by Gasteiger charge is -2.07. The van der Waals surface area contributed by atoms with Crippen molar-refractivity contribution < 1.29 is 0 Å². The molecule has 2 aromatic rings. The van der Waals surface area contributed by atoms with E-state index in [2.05, 4.69) is 10.9 Å². The molecule has 0 radical (unpaired) electrons. The Morgan fingerprint density at radius 1 is 1.50 bits per heavy atom. The van der Waals surface area contributed by atoms with Crippen molar-refractivity contribution in [1.29, 1.82) is 0 Å². The Hall–Kier alpha value is -2.08. The van der Waals surface area contributed by atoms with Gasteiger partial charge in [-0.2, -0.15) is 0 Å². The Morgan fingerprint density at radius 3 is 2.88 bits per heavy atom. The van der Waals surface area contributed by atoms with Gasteiger partial charge in [-0.05, 0) is 12.1 Å². The van der Waals surface area contributed by atoms with Crippen LogP contribution < -0.4 is 5.56 Å². The molecule has 0 amide bonds. The van der Waals surface area contributed by atoms with E-state index in [-0.39, 0.29) is 5.56 Å². The zero-order valence-corrected chi connectivity index (χ0v) is 9.32. The fraction of sp³-hybridized carbons (Fsp3) is 0.231. The lowest BCUT2D eigenvalue weighted by atomic mass is 10.1. The number of aryl methyl sites for hydroxylation is 1. The van der Waals surface area contributed by atoms with E-state index in [1.165, 1.54) is 0 Å². The molecular formula is C13H12N2O. The number of nitrogens with zero attached hydrogens (tertiary/aromatic N) is 2. The second-order valence-electron chi connectivity index (χ2n) is 3.59. The van der Waals surface area contributed by atoms with Crippen molar-refractivity contribution in [2.75, 3.05) is 0 Å². The molecule has 0 atom stereocenters. The summed E-state index contributed by atoms with van der Waals surface area (Å²) in [7, 11) is 1.72. The molecule has 0 saturated heterocycles. The summed E-state index contributed by atoms with van der Waals surface area (Å²) in [5, 5.41) is 0.532. The molecule has 0 aliphatic carbocycles. The number of terminal acetylenes is 1. The van der Waals surface area contributed by atoms with Crippen molar-refractivity contribution in [2.24, 2.45) is 7.05 Å². The van der Waals surface area contributed by atoms with Gasteiger partial charge in [0, 0.05) is 19.0 Å². The van der Waals surface area contributed by atoms with Crippen LogP contribution in [-0.4, -0.2) is 9.55 Å². The monoisotopic (exact) mass is 212 g/mol. The van der Waals surface area contributed by atoms with Crippen molar-refractivity contribution in [2.45, 2.75) is 13.3 Å². The van der Waals surface area contributed by atoms with E-state index in [0.29, 0.717) is 16.5 Å². The summed E-state index contributed by atoms with van der Waals surface area (Å²) >= 11 is 0. The molecule has 0 fully saturated rings. The molecule has 1 heterocycles. The lowest BCUT2D eigenvalue weighted by molar-refractivity contribution is 0.752. The maximum Gasteiger partial charge on any atom is 0.262 e. The second-order valence-corrected chi connectivity index (χ2v) is 3.59. The topological polar surface area (TPSA) is 34.9 Å². The second kappa shape index (κ2) is 3.82. The van der Waals surface area contributed by atoms with Gasteiger partial charge in [-0.25, -0.2) is 4.98 Å². The highest BCUT2D eigenvalue weighted by atomic mass is 16.1. The summed E-state index contributed by atoms with van der Waals surface area (Å²) in [4.78, 5) is 16.5. The average molecular weight is 212 g/mol. The zero-order valence-electron chi connectivity index (χ0n) is 9.32. The third-order valence-electron chi connectivity index (χ3n) is 2.67. The van der Waals surface area contributed by atoms with E-state index < -0.39 is 0 Å². The van der Waals surface area contributed by atoms with Gasteiger partial charge in [-0.1, -0.05) is 18.9 Å². The van der Waals surface area contributed by atoms with Crippen LogP contribution in [0.2, 0.25) is 0 Å². The van der Waals surface area contributed by atoms with Crippen molar-refractivity contribution in [3.8, 4) is 12.3 Å². The number of aromatic nitrogens is 2. The number of hydrogen-bond donors (Lipinski definition) is 0. The molecular weight excluding hydrogens is 200 g/mol. The van der Waals surface area contributed by atoms with E-state index >= 15 is 0 Å². The smallest absolute Gasteiger partial charge is 0.262 e. The Bertz CT molecular complexity index is 647. The van der Waals surface area contributed by atoms with Gasteiger partial charge in [0.25, 0.3) is 5.56 Å². The van der Waals surface area contributed by atoms with Crippen molar-refractivity contribution in [3.05, 3.63) is 39.9 Å². The van der Waals surface area contributed by atoms with E-state index in [1.807, 2.05) is 19.1 Å². The minimum absolute atomic E-state index is 0.0737. The van der Waals surface area contributed by atoms with Crippen LogP contribution in [0.1, 0.15) is 18.3 Å². The Balaban J connectivity index is 3.00. The third kappa shape index (κ3) is 1.40. The quantitative estimate of drug-likeness (QED) is 0.671. The van der Waals surface area contributed by atoms with E-state index in [1.54, 1.807) is 17.7 Å². The molecule has 3 heteroatoms. The largest absolute Gasteiger partial charge is 0.299 e. The fourth-order valence-corrected chi connectivity index (χ4v) is 1.79. The SMILES string of the molecule is C#Cc1cccc2nc(CC)n(C)c(=O)c12. The highest BCUT2D eigenvalue weighted by Crippen LogP contribution is 2.12. The zero-order chi connectivity index (χ0) is 11.7. The van der Waals surface area contributed by atoms with Gasteiger partial charge in [0.05, 0.1) is 10.9 Å². The molecule has 2 rings (SSSR count). The molecule has 0 aliphatic rings.